The molecule has 0 bridgehead atoms. The van der Waals surface area contributed by atoms with Gasteiger partial charge < -0.3 is 10.6 Å². The summed E-state index contributed by atoms with van der Waals surface area (Å²) < 4.78 is 1.86. The molecule has 22 heavy (non-hydrogen) atoms. The highest BCUT2D eigenvalue weighted by atomic mass is 16.1. The van der Waals surface area contributed by atoms with E-state index in [9.17, 15) is 4.79 Å². The van der Waals surface area contributed by atoms with Crippen LogP contribution in [0.3, 0.4) is 0 Å². The lowest BCUT2D eigenvalue weighted by atomic mass is 10.1. The van der Waals surface area contributed by atoms with Crippen LogP contribution in [-0.2, 0) is 18.3 Å². The Hall–Kier alpha value is -2.37. The van der Waals surface area contributed by atoms with Crippen molar-refractivity contribution in [1.29, 1.82) is 0 Å². The van der Waals surface area contributed by atoms with Gasteiger partial charge in [-0.1, -0.05) is 0 Å². The number of aryl methyl sites for hydroxylation is 2. The Balaban J connectivity index is 1.68. The number of hydrogen-bond donors (Lipinski definition) is 2. The Morgan fingerprint density at radius 1 is 1.32 bits per heavy atom. The molecule has 0 aliphatic carbocycles. The van der Waals surface area contributed by atoms with Gasteiger partial charge in [0.1, 0.15) is 0 Å². The smallest absolute Gasteiger partial charge is 0.220 e. The van der Waals surface area contributed by atoms with Crippen LogP contribution in [0.4, 0.5) is 5.69 Å². The summed E-state index contributed by atoms with van der Waals surface area (Å²) in [4.78, 5) is 15.9. The van der Waals surface area contributed by atoms with Crippen molar-refractivity contribution in [3.8, 4) is 0 Å². The SMILES string of the molecule is Cc1nn(C)c(C)c1CCC(=O)NCCNc1cccnc1. The first-order chi connectivity index (χ1) is 10.6. The van der Waals surface area contributed by atoms with Crippen molar-refractivity contribution in [1.82, 2.24) is 20.1 Å². The van der Waals surface area contributed by atoms with Gasteiger partial charge in [0.2, 0.25) is 5.91 Å². The Bertz CT molecular complexity index is 621. The maximum atomic E-state index is 11.9. The molecule has 0 radical (unpaired) electrons. The van der Waals surface area contributed by atoms with Gasteiger partial charge in [0.25, 0.3) is 0 Å². The number of carbonyl (C=O) groups excluding carboxylic acids is 1. The maximum absolute atomic E-state index is 11.9. The summed E-state index contributed by atoms with van der Waals surface area (Å²) in [6, 6.07) is 3.82. The molecule has 6 heteroatoms. The van der Waals surface area contributed by atoms with E-state index in [1.165, 1.54) is 5.56 Å². The highest BCUT2D eigenvalue weighted by molar-refractivity contribution is 5.76. The standard InChI is InChI=1S/C16H23N5O/c1-12-15(13(2)21(3)20-12)6-7-16(22)19-10-9-18-14-5-4-8-17-11-14/h4-5,8,11,18H,6-7,9-10H2,1-3H3,(H,19,22). The molecule has 2 aromatic heterocycles. The quantitative estimate of drug-likeness (QED) is 0.762. The van der Waals surface area contributed by atoms with Crippen molar-refractivity contribution in [2.24, 2.45) is 7.05 Å². The monoisotopic (exact) mass is 301 g/mol. The lowest BCUT2D eigenvalue weighted by Gasteiger charge is -2.08. The van der Waals surface area contributed by atoms with Gasteiger partial charge in [-0.05, 0) is 38.0 Å². The van der Waals surface area contributed by atoms with Crippen molar-refractivity contribution in [3.63, 3.8) is 0 Å². The minimum Gasteiger partial charge on any atom is -0.382 e. The molecule has 2 N–H and O–H groups in total. The molecular formula is C16H23N5O. The number of nitrogens with zero attached hydrogens (tertiary/aromatic N) is 3. The second-order valence-electron chi connectivity index (χ2n) is 5.29. The molecule has 0 aromatic carbocycles. The number of pyridine rings is 1. The van der Waals surface area contributed by atoms with Gasteiger partial charge in [-0.3, -0.25) is 14.5 Å². The summed E-state index contributed by atoms with van der Waals surface area (Å²) in [6.45, 7) is 5.30. The van der Waals surface area contributed by atoms with E-state index in [0.717, 1.165) is 23.5 Å². The Morgan fingerprint density at radius 3 is 2.77 bits per heavy atom. The van der Waals surface area contributed by atoms with Crippen LogP contribution in [0, 0.1) is 13.8 Å². The summed E-state index contributed by atoms with van der Waals surface area (Å²) in [5, 5.41) is 10.5. The van der Waals surface area contributed by atoms with Gasteiger partial charge in [0.15, 0.2) is 0 Å². The molecular weight excluding hydrogens is 278 g/mol. The molecule has 2 heterocycles. The maximum Gasteiger partial charge on any atom is 0.220 e. The average Bonchev–Trinajstić information content (AvgIpc) is 2.76. The van der Waals surface area contributed by atoms with Crippen LogP contribution in [0.2, 0.25) is 0 Å². The summed E-state index contributed by atoms with van der Waals surface area (Å²) in [5.41, 5.74) is 4.26. The van der Waals surface area contributed by atoms with Gasteiger partial charge in [-0.15, -0.1) is 0 Å². The predicted octanol–water partition coefficient (Wildman–Crippen LogP) is 1.59. The fourth-order valence-corrected chi connectivity index (χ4v) is 2.38. The number of nitrogens with one attached hydrogen (secondary N) is 2. The van der Waals surface area contributed by atoms with E-state index < -0.39 is 0 Å². The van der Waals surface area contributed by atoms with Crippen LogP contribution in [-0.4, -0.2) is 33.8 Å². The fraction of sp³-hybridized carbons (Fsp3) is 0.438. The first-order valence-corrected chi connectivity index (χ1v) is 7.47. The molecule has 0 aliphatic heterocycles. The molecule has 2 rings (SSSR count). The molecule has 2 aromatic rings. The number of carbonyl (C=O) groups is 1. The minimum absolute atomic E-state index is 0.0654. The minimum atomic E-state index is 0.0654. The van der Waals surface area contributed by atoms with Crippen molar-refractivity contribution >= 4 is 11.6 Å². The first-order valence-electron chi connectivity index (χ1n) is 7.47. The molecule has 0 saturated carbocycles. The second kappa shape index (κ2) is 7.59. The van der Waals surface area contributed by atoms with E-state index in [-0.39, 0.29) is 5.91 Å². The highest BCUT2D eigenvalue weighted by Gasteiger charge is 2.10. The first kappa shape index (κ1) is 16.0. The summed E-state index contributed by atoms with van der Waals surface area (Å²) in [6.07, 6.45) is 4.71. The second-order valence-corrected chi connectivity index (χ2v) is 5.29. The Kier molecular flexibility index (Phi) is 5.52. The van der Waals surface area contributed by atoms with Gasteiger partial charge in [-0.2, -0.15) is 5.10 Å². The van der Waals surface area contributed by atoms with E-state index in [1.807, 2.05) is 37.7 Å². The summed E-state index contributed by atoms with van der Waals surface area (Å²) in [7, 11) is 1.93. The van der Waals surface area contributed by atoms with Gasteiger partial charge in [0, 0.05) is 44.6 Å². The molecule has 0 unspecified atom stereocenters. The van der Waals surface area contributed by atoms with E-state index in [4.69, 9.17) is 0 Å². The highest BCUT2D eigenvalue weighted by Crippen LogP contribution is 2.13. The third kappa shape index (κ3) is 4.31. The molecule has 0 spiro atoms. The van der Waals surface area contributed by atoms with Crippen molar-refractivity contribution in [2.45, 2.75) is 26.7 Å². The number of hydrogen-bond acceptors (Lipinski definition) is 4. The zero-order valence-corrected chi connectivity index (χ0v) is 13.4. The van der Waals surface area contributed by atoms with Crippen LogP contribution in [0.5, 0.6) is 0 Å². The molecule has 0 fully saturated rings. The van der Waals surface area contributed by atoms with Crippen molar-refractivity contribution < 1.29 is 4.79 Å². The van der Waals surface area contributed by atoms with E-state index in [0.29, 0.717) is 19.5 Å². The largest absolute Gasteiger partial charge is 0.382 e. The fourth-order valence-electron chi connectivity index (χ4n) is 2.38. The zero-order chi connectivity index (χ0) is 15.9. The number of amides is 1. The number of aromatic nitrogens is 3. The summed E-state index contributed by atoms with van der Waals surface area (Å²) in [5.74, 6) is 0.0654. The van der Waals surface area contributed by atoms with Crippen LogP contribution in [0.1, 0.15) is 23.4 Å². The molecule has 118 valence electrons. The lowest BCUT2D eigenvalue weighted by Crippen LogP contribution is -2.29. The van der Waals surface area contributed by atoms with Crippen LogP contribution >= 0.6 is 0 Å². The van der Waals surface area contributed by atoms with Gasteiger partial charge >= 0.3 is 0 Å². The predicted molar refractivity (Wildman–Crippen MR) is 86.7 cm³/mol. The van der Waals surface area contributed by atoms with Crippen LogP contribution in [0.25, 0.3) is 0 Å². The topological polar surface area (TPSA) is 71.8 Å². The number of rotatable bonds is 7. The Labute approximate surface area is 130 Å². The van der Waals surface area contributed by atoms with Crippen molar-refractivity contribution in [3.05, 3.63) is 41.5 Å². The van der Waals surface area contributed by atoms with Crippen molar-refractivity contribution in [2.75, 3.05) is 18.4 Å². The van der Waals surface area contributed by atoms with E-state index in [1.54, 1.807) is 12.4 Å². The summed E-state index contributed by atoms with van der Waals surface area (Å²) >= 11 is 0. The van der Waals surface area contributed by atoms with Gasteiger partial charge in [0.05, 0.1) is 11.4 Å². The van der Waals surface area contributed by atoms with E-state index in [2.05, 4.69) is 20.7 Å². The molecule has 0 atom stereocenters. The normalized spacial score (nSPS) is 10.5. The molecule has 0 saturated heterocycles. The third-order valence-corrected chi connectivity index (χ3v) is 3.70. The van der Waals surface area contributed by atoms with E-state index >= 15 is 0 Å². The molecule has 1 amide bonds. The Morgan fingerprint density at radius 2 is 2.14 bits per heavy atom. The number of anilines is 1. The third-order valence-electron chi connectivity index (χ3n) is 3.70. The lowest BCUT2D eigenvalue weighted by molar-refractivity contribution is -0.120. The molecule has 0 aliphatic rings. The zero-order valence-electron chi connectivity index (χ0n) is 13.4. The molecule has 6 nitrogen and oxygen atoms in total. The average molecular weight is 301 g/mol. The van der Waals surface area contributed by atoms with Gasteiger partial charge in [-0.25, -0.2) is 0 Å². The van der Waals surface area contributed by atoms with Crippen LogP contribution in [0.15, 0.2) is 24.5 Å². The van der Waals surface area contributed by atoms with Crippen LogP contribution < -0.4 is 10.6 Å².